The molecule has 2 fully saturated rings. The number of phenolic OH excluding ortho intramolecular Hbond substituents is 2. The van der Waals surface area contributed by atoms with Gasteiger partial charge in [0.25, 0.3) is 0 Å². The first-order valence-corrected chi connectivity index (χ1v) is 13.0. The molecule has 0 unspecified atom stereocenters. The summed E-state index contributed by atoms with van der Waals surface area (Å²) in [5.74, 6) is -1.96. The summed E-state index contributed by atoms with van der Waals surface area (Å²) in [7, 11) is 0. The van der Waals surface area contributed by atoms with Crippen molar-refractivity contribution in [2.75, 3.05) is 13.2 Å². The molecule has 5 rings (SSSR count). The van der Waals surface area contributed by atoms with Crippen molar-refractivity contribution < 1.29 is 74.4 Å². The molecule has 0 spiro atoms. The molecule has 2 aromatic carbocycles. The zero-order valence-electron chi connectivity index (χ0n) is 22.1. The molecule has 1 aromatic heterocycles. The Kier molecular flexibility index (Phi) is 8.77. The Balaban J connectivity index is 1.58. The van der Waals surface area contributed by atoms with Crippen LogP contribution in [0, 0.1) is 0 Å². The van der Waals surface area contributed by atoms with Crippen LogP contribution in [0.4, 0.5) is 0 Å². The zero-order chi connectivity index (χ0) is 31.2. The highest BCUT2D eigenvalue weighted by molar-refractivity contribution is 5.88. The average Bonchev–Trinajstić information content (AvgIpc) is 2.98. The predicted molar refractivity (Wildman–Crippen MR) is 140 cm³/mol. The van der Waals surface area contributed by atoms with Crippen LogP contribution in [0.3, 0.4) is 0 Å². The number of ether oxygens (including phenoxy) is 4. The number of aliphatic hydroxyl groups excluding tert-OH is 8. The summed E-state index contributed by atoms with van der Waals surface area (Å²) >= 11 is 0. The van der Waals surface area contributed by atoms with Crippen molar-refractivity contribution in [1.29, 1.82) is 0 Å². The lowest BCUT2D eigenvalue weighted by atomic mass is 9.99. The molecular weight excluding hydrogens is 580 g/mol. The summed E-state index contributed by atoms with van der Waals surface area (Å²) in [5.41, 5.74) is -1.11. The molecule has 2 saturated heterocycles. The van der Waals surface area contributed by atoms with Gasteiger partial charge in [-0.15, -0.1) is 0 Å². The molecule has 3 aromatic rings. The summed E-state index contributed by atoms with van der Waals surface area (Å²) in [4.78, 5) is 13.7. The third kappa shape index (κ3) is 5.73. The third-order valence-corrected chi connectivity index (χ3v) is 7.22. The van der Waals surface area contributed by atoms with Crippen LogP contribution in [0.1, 0.15) is 0 Å². The van der Waals surface area contributed by atoms with E-state index >= 15 is 0 Å². The number of phenols is 2. The first-order valence-electron chi connectivity index (χ1n) is 13.0. The molecule has 0 bridgehead atoms. The minimum absolute atomic E-state index is 0.129. The molecular formula is C27H30O16. The summed E-state index contributed by atoms with van der Waals surface area (Å²) < 4.78 is 27.8. The van der Waals surface area contributed by atoms with Gasteiger partial charge in [-0.2, -0.15) is 0 Å². The van der Waals surface area contributed by atoms with E-state index in [2.05, 4.69) is 0 Å². The normalized spacial score (nSPS) is 32.9. The highest BCUT2D eigenvalue weighted by Crippen LogP contribution is 2.38. The number of hydrogen-bond acceptors (Lipinski definition) is 16. The van der Waals surface area contributed by atoms with E-state index in [1.54, 1.807) is 0 Å². The van der Waals surface area contributed by atoms with E-state index in [0.717, 1.165) is 12.1 Å². The lowest BCUT2D eigenvalue weighted by Crippen LogP contribution is -2.60. The Hall–Kier alpha value is -3.55. The lowest BCUT2D eigenvalue weighted by Gasteiger charge is -2.39. The summed E-state index contributed by atoms with van der Waals surface area (Å²) in [6.45, 7) is -1.48. The van der Waals surface area contributed by atoms with E-state index in [1.165, 1.54) is 24.3 Å². The van der Waals surface area contributed by atoms with E-state index in [0.29, 0.717) is 0 Å². The first kappa shape index (κ1) is 30.9. The Morgan fingerprint density at radius 2 is 1.23 bits per heavy atom. The predicted octanol–water partition coefficient (Wildman–Crippen LogP) is -2.77. The van der Waals surface area contributed by atoms with Gasteiger partial charge in [-0.3, -0.25) is 4.79 Å². The van der Waals surface area contributed by atoms with Gasteiger partial charge < -0.3 is 74.4 Å². The Morgan fingerprint density at radius 1 is 0.698 bits per heavy atom. The average molecular weight is 611 g/mol. The zero-order valence-corrected chi connectivity index (χ0v) is 22.1. The number of hydrogen-bond donors (Lipinski definition) is 10. The fourth-order valence-corrected chi connectivity index (χ4v) is 4.82. The smallest absolute Gasteiger partial charge is 0.239 e. The minimum atomic E-state index is -1.89. The second-order valence-electron chi connectivity index (χ2n) is 10.1. The molecule has 0 saturated carbocycles. The van der Waals surface area contributed by atoms with Crippen molar-refractivity contribution in [3.05, 3.63) is 46.6 Å². The molecule has 10 N–H and O–H groups in total. The maximum absolute atomic E-state index is 13.7. The number of benzene rings is 2. The third-order valence-electron chi connectivity index (χ3n) is 7.22. The van der Waals surface area contributed by atoms with Crippen molar-refractivity contribution >= 4 is 11.0 Å². The summed E-state index contributed by atoms with van der Waals surface area (Å²) in [6.07, 6.45) is -16.6. The van der Waals surface area contributed by atoms with E-state index in [9.17, 15) is 55.9 Å². The van der Waals surface area contributed by atoms with E-state index in [1.807, 2.05) is 0 Å². The molecule has 43 heavy (non-hydrogen) atoms. The van der Waals surface area contributed by atoms with Gasteiger partial charge in [0.1, 0.15) is 77.0 Å². The first-order chi connectivity index (χ1) is 20.4. The summed E-state index contributed by atoms with van der Waals surface area (Å²) in [6, 6.07) is 7.35. The standard InChI is InChI=1S/C27H30O16/c28-7-14-17(32)20(35)22(37)26(41-14)39-11-5-12(31)16-13(6-11)40-24(9-1-3-10(30)4-2-9)25(19(16)34)43-27-23(38)21(36)18(33)15(8-29)42-27/h1-6,14-15,17-18,20-23,26-33,35-38H,7-8H2/t14-,15-,17-,18-,20+,21+,22+,23-,26+,27+/m0/s1. The number of rotatable bonds is 7. The van der Waals surface area contributed by atoms with Crippen molar-refractivity contribution in [3.63, 3.8) is 0 Å². The Labute approximate surface area is 241 Å². The van der Waals surface area contributed by atoms with Crippen molar-refractivity contribution in [3.8, 4) is 34.3 Å². The van der Waals surface area contributed by atoms with Crippen LogP contribution >= 0.6 is 0 Å². The fourth-order valence-electron chi connectivity index (χ4n) is 4.82. The number of aromatic hydroxyl groups is 2. The molecule has 234 valence electrons. The van der Waals surface area contributed by atoms with Gasteiger partial charge in [0.15, 0.2) is 5.76 Å². The van der Waals surface area contributed by atoms with E-state index in [-0.39, 0.29) is 28.4 Å². The van der Waals surface area contributed by atoms with Crippen molar-refractivity contribution in [2.24, 2.45) is 0 Å². The topological polar surface area (TPSA) is 269 Å². The van der Waals surface area contributed by atoms with Crippen LogP contribution in [0.15, 0.2) is 45.6 Å². The summed E-state index contributed by atoms with van der Waals surface area (Å²) in [5, 5.41) is 100. The monoisotopic (exact) mass is 610 g/mol. The maximum Gasteiger partial charge on any atom is 0.239 e. The van der Waals surface area contributed by atoms with Crippen molar-refractivity contribution in [2.45, 2.75) is 61.4 Å². The molecule has 0 amide bonds. The van der Waals surface area contributed by atoms with Gasteiger partial charge in [-0.25, -0.2) is 0 Å². The molecule has 0 radical (unpaired) electrons. The van der Waals surface area contributed by atoms with Gasteiger partial charge in [-0.1, -0.05) is 0 Å². The fraction of sp³-hybridized carbons (Fsp3) is 0.444. The van der Waals surface area contributed by atoms with Gasteiger partial charge in [0.2, 0.25) is 23.8 Å². The number of aliphatic hydroxyl groups is 8. The Bertz CT molecular complexity index is 1490. The molecule has 10 atom stereocenters. The Morgan fingerprint density at radius 3 is 1.77 bits per heavy atom. The lowest BCUT2D eigenvalue weighted by molar-refractivity contribution is -0.277. The van der Waals surface area contributed by atoms with E-state index in [4.69, 9.17) is 23.4 Å². The van der Waals surface area contributed by atoms with Gasteiger partial charge in [0.05, 0.1) is 13.2 Å². The van der Waals surface area contributed by atoms with Crippen molar-refractivity contribution in [1.82, 2.24) is 0 Å². The minimum Gasteiger partial charge on any atom is -0.508 e. The van der Waals surface area contributed by atoms with Gasteiger partial charge in [0, 0.05) is 17.7 Å². The molecule has 0 aliphatic carbocycles. The SMILES string of the molecule is O=c1c(O[C@H]2O[C@@H](CO)[C@H](O)[C@@H](O)[C@@H]2O)c(-c2ccc(O)cc2)oc2cc(O[C@@H]3O[C@@H](CO)[C@H](O)[C@@H](O)[C@H]3O)cc(O)c12. The van der Waals surface area contributed by atoms with Crippen LogP contribution in [0.25, 0.3) is 22.3 Å². The molecule has 3 heterocycles. The van der Waals surface area contributed by atoms with Gasteiger partial charge >= 0.3 is 0 Å². The molecule has 2 aliphatic rings. The maximum atomic E-state index is 13.7. The van der Waals surface area contributed by atoms with Gasteiger partial charge in [-0.05, 0) is 24.3 Å². The highest BCUT2D eigenvalue weighted by atomic mass is 16.7. The van der Waals surface area contributed by atoms with Crippen LogP contribution in [-0.4, -0.2) is 126 Å². The van der Waals surface area contributed by atoms with Crippen LogP contribution in [-0.2, 0) is 9.47 Å². The molecule has 16 nitrogen and oxygen atoms in total. The largest absolute Gasteiger partial charge is 0.508 e. The molecule has 16 heteroatoms. The molecule has 2 aliphatic heterocycles. The van der Waals surface area contributed by atoms with Crippen LogP contribution in [0.2, 0.25) is 0 Å². The number of fused-ring (bicyclic) bond motifs is 1. The quantitative estimate of drug-likeness (QED) is 0.130. The second kappa shape index (κ2) is 12.2. The highest BCUT2D eigenvalue weighted by Gasteiger charge is 2.46. The van der Waals surface area contributed by atoms with Crippen LogP contribution in [0.5, 0.6) is 23.0 Å². The second-order valence-corrected chi connectivity index (χ2v) is 10.1. The van der Waals surface area contributed by atoms with E-state index < -0.39 is 96.9 Å². The van der Waals surface area contributed by atoms with Crippen LogP contribution < -0.4 is 14.9 Å².